The molecule has 1 amide bonds. The Morgan fingerprint density at radius 1 is 1.03 bits per heavy atom. The summed E-state index contributed by atoms with van der Waals surface area (Å²) in [5.74, 6) is -0.0523. The van der Waals surface area contributed by atoms with E-state index in [1.807, 2.05) is 0 Å². The number of Topliss-reactive ketones (excluding diaryl/α,β-unsaturated/α-hetero) is 1. The summed E-state index contributed by atoms with van der Waals surface area (Å²) >= 11 is 0. The molecule has 0 spiro atoms. The Kier molecular flexibility index (Phi) is 6.55. The summed E-state index contributed by atoms with van der Waals surface area (Å²) in [6.45, 7) is 0.879. The van der Waals surface area contributed by atoms with Crippen molar-refractivity contribution in [2.75, 3.05) is 34.5 Å². The lowest BCUT2D eigenvalue weighted by Crippen LogP contribution is -2.36. The zero-order valence-corrected chi connectivity index (χ0v) is 18.9. The Hall–Kier alpha value is -3.52. The molecule has 0 unspecified atom stereocenters. The van der Waals surface area contributed by atoms with Gasteiger partial charge in [-0.2, -0.15) is 0 Å². The average Bonchev–Trinajstić information content (AvgIpc) is 3.45. The quantitative estimate of drug-likeness (QED) is 0.390. The Balaban J connectivity index is 1.83. The van der Waals surface area contributed by atoms with E-state index in [9.17, 15) is 14.7 Å². The normalized spacial score (nSPS) is 22.0. The number of likely N-dealkylation sites (tertiary alicyclic amines) is 1. The Bertz CT molecular complexity index is 1070. The summed E-state index contributed by atoms with van der Waals surface area (Å²) in [6, 6.07) is 11.1. The van der Waals surface area contributed by atoms with Crippen molar-refractivity contribution in [1.82, 2.24) is 4.90 Å². The van der Waals surface area contributed by atoms with Crippen molar-refractivity contribution in [1.29, 1.82) is 0 Å². The number of hydrogen-bond acceptors (Lipinski definition) is 7. The average molecular weight is 453 g/mol. The van der Waals surface area contributed by atoms with Crippen LogP contribution in [0.4, 0.5) is 0 Å². The van der Waals surface area contributed by atoms with E-state index in [4.69, 9.17) is 18.9 Å². The minimum Gasteiger partial charge on any atom is -0.507 e. The van der Waals surface area contributed by atoms with E-state index in [1.165, 1.54) is 19.1 Å². The first-order valence-electron chi connectivity index (χ1n) is 10.7. The molecule has 0 radical (unpaired) electrons. The Labute approximate surface area is 192 Å². The smallest absolute Gasteiger partial charge is 0.295 e. The van der Waals surface area contributed by atoms with Crippen LogP contribution in [0.5, 0.6) is 17.2 Å². The number of benzene rings is 2. The van der Waals surface area contributed by atoms with E-state index in [2.05, 4.69) is 0 Å². The number of amides is 1. The van der Waals surface area contributed by atoms with Crippen LogP contribution in [0, 0.1) is 0 Å². The Morgan fingerprint density at radius 3 is 2.36 bits per heavy atom. The predicted molar refractivity (Wildman–Crippen MR) is 121 cm³/mol. The van der Waals surface area contributed by atoms with Gasteiger partial charge in [0.15, 0.2) is 11.5 Å². The van der Waals surface area contributed by atoms with Crippen LogP contribution < -0.4 is 14.2 Å². The number of methoxy groups -OCH3 is 3. The van der Waals surface area contributed by atoms with Crippen LogP contribution in [-0.4, -0.2) is 62.3 Å². The van der Waals surface area contributed by atoms with Gasteiger partial charge in [-0.05, 0) is 54.8 Å². The van der Waals surface area contributed by atoms with Gasteiger partial charge >= 0.3 is 0 Å². The van der Waals surface area contributed by atoms with Crippen molar-refractivity contribution in [2.45, 2.75) is 25.0 Å². The maximum atomic E-state index is 13.2. The minimum absolute atomic E-state index is 0.0235. The zero-order valence-electron chi connectivity index (χ0n) is 18.9. The lowest BCUT2D eigenvalue weighted by atomic mass is 9.94. The van der Waals surface area contributed by atoms with E-state index >= 15 is 0 Å². The zero-order chi connectivity index (χ0) is 23.5. The molecule has 174 valence electrons. The summed E-state index contributed by atoms with van der Waals surface area (Å²) in [5, 5.41) is 11.2. The summed E-state index contributed by atoms with van der Waals surface area (Å²) in [7, 11) is 4.59. The molecule has 0 aromatic heterocycles. The molecule has 0 aliphatic carbocycles. The van der Waals surface area contributed by atoms with Crippen molar-refractivity contribution in [2.24, 2.45) is 0 Å². The molecule has 2 aromatic carbocycles. The lowest BCUT2D eigenvalue weighted by Gasteiger charge is -2.28. The number of ether oxygens (including phenoxy) is 4. The van der Waals surface area contributed by atoms with E-state index in [0.717, 1.165) is 12.8 Å². The molecule has 2 saturated heterocycles. The fourth-order valence-electron chi connectivity index (χ4n) is 4.35. The third kappa shape index (κ3) is 4.26. The molecule has 33 heavy (non-hydrogen) atoms. The molecule has 2 heterocycles. The predicted octanol–water partition coefficient (Wildman–Crippen LogP) is 3.31. The van der Waals surface area contributed by atoms with Crippen LogP contribution >= 0.6 is 0 Å². The van der Waals surface area contributed by atoms with Gasteiger partial charge in [0.05, 0.1) is 39.0 Å². The van der Waals surface area contributed by atoms with Gasteiger partial charge in [-0.3, -0.25) is 9.59 Å². The third-order valence-electron chi connectivity index (χ3n) is 6.05. The maximum absolute atomic E-state index is 13.2. The van der Waals surface area contributed by atoms with Crippen molar-refractivity contribution < 1.29 is 33.6 Å². The first kappa shape index (κ1) is 22.7. The summed E-state index contributed by atoms with van der Waals surface area (Å²) in [6.07, 6.45) is 1.55. The number of ketones is 1. The third-order valence-corrected chi connectivity index (χ3v) is 6.05. The number of aliphatic hydroxyl groups excluding tert-OH is 1. The SMILES string of the molecule is COc1ccc(/C(O)=C2\C(=O)C(=O)N(C[C@H]3CCCO3)[C@H]2c2ccc(OC)c(OC)c2)cc1. The topological polar surface area (TPSA) is 94.5 Å². The van der Waals surface area contributed by atoms with Crippen LogP contribution in [0.15, 0.2) is 48.0 Å². The number of carbonyl (C=O) groups is 2. The molecule has 4 rings (SSSR count). The maximum Gasteiger partial charge on any atom is 0.295 e. The first-order valence-corrected chi connectivity index (χ1v) is 10.7. The fourth-order valence-corrected chi connectivity index (χ4v) is 4.35. The highest BCUT2D eigenvalue weighted by atomic mass is 16.5. The number of rotatable bonds is 7. The second kappa shape index (κ2) is 9.54. The molecule has 8 nitrogen and oxygen atoms in total. The number of carbonyl (C=O) groups excluding carboxylic acids is 2. The van der Waals surface area contributed by atoms with Gasteiger partial charge in [-0.25, -0.2) is 0 Å². The molecule has 2 aromatic rings. The van der Waals surface area contributed by atoms with Gasteiger partial charge in [0, 0.05) is 18.7 Å². The van der Waals surface area contributed by atoms with Gasteiger partial charge < -0.3 is 29.0 Å². The van der Waals surface area contributed by atoms with Crippen LogP contribution in [0.25, 0.3) is 5.76 Å². The lowest BCUT2D eigenvalue weighted by molar-refractivity contribution is -0.140. The van der Waals surface area contributed by atoms with Crippen molar-refractivity contribution >= 4 is 17.4 Å². The number of hydrogen-bond donors (Lipinski definition) is 1. The van der Waals surface area contributed by atoms with Crippen molar-refractivity contribution in [3.05, 3.63) is 59.2 Å². The molecule has 2 aliphatic rings. The van der Waals surface area contributed by atoms with Crippen LogP contribution in [0.2, 0.25) is 0 Å². The van der Waals surface area contributed by atoms with Gasteiger partial charge in [0.25, 0.3) is 11.7 Å². The summed E-state index contributed by atoms with van der Waals surface area (Å²) < 4.78 is 21.7. The highest BCUT2D eigenvalue weighted by Crippen LogP contribution is 2.42. The first-order chi connectivity index (χ1) is 16.0. The second-order valence-electron chi connectivity index (χ2n) is 7.93. The Morgan fingerprint density at radius 2 is 1.76 bits per heavy atom. The highest BCUT2D eigenvalue weighted by molar-refractivity contribution is 6.46. The number of aliphatic hydroxyl groups is 1. The molecular formula is C25H27NO7. The monoisotopic (exact) mass is 453 g/mol. The molecule has 8 heteroatoms. The summed E-state index contributed by atoms with van der Waals surface area (Å²) in [4.78, 5) is 27.7. The van der Waals surface area contributed by atoms with Gasteiger partial charge in [-0.15, -0.1) is 0 Å². The molecular weight excluding hydrogens is 426 g/mol. The molecule has 1 N–H and O–H groups in total. The van der Waals surface area contributed by atoms with Gasteiger partial charge in [0.1, 0.15) is 11.5 Å². The highest BCUT2D eigenvalue weighted by Gasteiger charge is 2.47. The van der Waals surface area contributed by atoms with E-state index in [-0.39, 0.29) is 24.0 Å². The van der Waals surface area contributed by atoms with Gasteiger partial charge in [-0.1, -0.05) is 6.07 Å². The van der Waals surface area contributed by atoms with Crippen molar-refractivity contribution in [3.8, 4) is 17.2 Å². The standard InChI is InChI=1S/C25H27NO7/c1-30-17-9-6-15(7-10-17)23(27)21-22(16-8-11-19(31-2)20(13-16)32-3)26(25(29)24(21)28)14-18-5-4-12-33-18/h6-11,13,18,22,27H,4-5,12,14H2,1-3H3/b23-21+/t18-,22+/m1/s1. The van der Waals surface area contributed by atoms with Crippen LogP contribution in [-0.2, 0) is 14.3 Å². The van der Waals surface area contributed by atoms with E-state index in [1.54, 1.807) is 49.6 Å². The minimum atomic E-state index is -0.795. The molecule has 0 saturated carbocycles. The van der Waals surface area contributed by atoms with Crippen LogP contribution in [0.3, 0.4) is 0 Å². The van der Waals surface area contributed by atoms with Crippen molar-refractivity contribution in [3.63, 3.8) is 0 Å². The van der Waals surface area contributed by atoms with Gasteiger partial charge in [0.2, 0.25) is 0 Å². The van der Waals surface area contributed by atoms with Crippen LogP contribution in [0.1, 0.15) is 30.0 Å². The summed E-state index contributed by atoms with van der Waals surface area (Å²) in [5.41, 5.74) is 1.06. The molecule has 2 fully saturated rings. The largest absolute Gasteiger partial charge is 0.507 e. The van der Waals surface area contributed by atoms with E-state index in [0.29, 0.717) is 35.0 Å². The van der Waals surface area contributed by atoms with E-state index < -0.39 is 17.7 Å². The molecule has 2 atom stereocenters. The molecule has 2 aliphatic heterocycles. The second-order valence-corrected chi connectivity index (χ2v) is 7.93. The number of nitrogens with zero attached hydrogens (tertiary/aromatic N) is 1. The molecule has 0 bridgehead atoms. The fraction of sp³-hybridized carbons (Fsp3) is 0.360.